The highest BCUT2D eigenvalue weighted by atomic mass is 35.5. The number of carbonyl (C=O) groups is 1. The van der Waals surface area contributed by atoms with Crippen molar-refractivity contribution in [2.24, 2.45) is 21.9 Å². The number of carbonyl (C=O) groups excluding carboxylic acids is 1. The third kappa shape index (κ3) is 9.23. The van der Waals surface area contributed by atoms with Crippen LogP contribution in [-0.2, 0) is 9.53 Å². The lowest BCUT2D eigenvalue weighted by Crippen LogP contribution is -2.22. The number of rotatable bonds is 9. The molecule has 0 radical (unpaired) electrons. The monoisotopic (exact) mass is 397 g/mol. The van der Waals surface area contributed by atoms with Gasteiger partial charge in [-0.1, -0.05) is 51.4 Å². The quantitative estimate of drug-likeness (QED) is 0.124. The molecule has 27 heavy (non-hydrogen) atoms. The molecule has 0 heterocycles. The van der Waals surface area contributed by atoms with Crippen molar-refractivity contribution in [2.45, 2.75) is 71.7 Å². The second-order valence-electron chi connectivity index (χ2n) is 6.31. The van der Waals surface area contributed by atoms with Crippen molar-refractivity contribution in [3.63, 3.8) is 0 Å². The molecule has 0 amide bonds. The van der Waals surface area contributed by atoms with Crippen LogP contribution in [0.5, 0.6) is 0 Å². The number of aliphatic imine (C=N–C) groups is 1. The number of halogens is 1. The Kier molecular flexibility index (Phi) is 13.6. The van der Waals surface area contributed by atoms with Gasteiger partial charge in [0.1, 0.15) is 11.3 Å². The lowest BCUT2D eigenvalue weighted by Gasteiger charge is -2.21. The predicted molar refractivity (Wildman–Crippen MR) is 116 cm³/mol. The van der Waals surface area contributed by atoms with Crippen LogP contribution in [0.25, 0.3) is 0 Å². The summed E-state index contributed by atoms with van der Waals surface area (Å²) in [7, 11) is 0. The maximum Gasteiger partial charge on any atom is 0.308 e. The normalized spacial score (nSPS) is 21.0. The van der Waals surface area contributed by atoms with Gasteiger partial charge in [0, 0.05) is 12.4 Å². The molecule has 1 saturated carbocycles. The lowest BCUT2D eigenvalue weighted by atomic mass is 9.93. The standard InChI is InChI=1S/C19H30ClN3O2.C2H6/c1-6-18(22-15(4)23(21-5)14(3)20)13-16-9-8-10-17(12-11-16)19(24)25-7-2;1-2/h6,14,16-17H,1,4-5,7-13H2,2-3H3;1-2H3/b22-18+;. The molecule has 1 fully saturated rings. The summed E-state index contributed by atoms with van der Waals surface area (Å²) in [4.78, 5) is 16.5. The Bertz CT molecular complexity index is 518. The van der Waals surface area contributed by atoms with Crippen LogP contribution in [-0.4, -0.2) is 35.5 Å². The highest BCUT2D eigenvalue weighted by Crippen LogP contribution is 2.30. The molecule has 0 N–H and O–H groups in total. The largest absolute Gasteiger partial charge is 0.466 e. The van der Waals surface area contributed by atoms with Gasteiger partial charge < -0.3 is 4.74 Å². The summed E-state index contributed by atoms with van der Waals surface area (Å²) in [6.07, 6.45) is 7.41. The Morgan fingerprint density at radius 3 is 2.52 bits per heavy atom. The zero-order chi connectivity index (χ0) is 20.8. The summed E-state index contributed by atoms with van der Waals surface area (Å²) in [5.41, 5.74) is 0.485. The average Bonchev–Trinajstić information content (AvgIpc) is 2.89. The van der Waals surface area contributed by atoms with Gasteiger partial charge in [-0.25, -0.2) is 10.0 Å². The van der Waals surface area contributed by atoms with E-state index in [2.05, 4.69) is 30.0 Å². The summed E-state index contributed by atoms with van der Waals surface area (Å²) in [6, 6.07) is 0. The molecule has 3 unspecified atom stereocenters. The van der Waals surface area contributed by atoms with Crippen molar-refractivity contribution in [3.8, 4) is 0 Å². The van der Waals surface area contributed by atoms with Crippen LogP contribution < -0.4 is 0 Å². The van der Waals surface area contributed by atoms with Gasteiger partial charge >= 0.3 is 5.97 Å². The predicted octanol–water partition coefficient (Wildman–Crippen LogP) is 5.76. The maximum absolute atomic E-state index is 11.9. The number of alkyl halides is 1. The molecule has 0 aromatic heterocycles. The second kappa shape index (κ2) is 14.4. The number of hydrogen-bond acceptors (Lipinski definition) is 5. The SMILES string of the molecule is C=C/C(CC1CCCC(C(=O)OCC)CC1)=N\C(=C)N(N=C)C(C)Cl.CC. The van der Waals surface area contributed by atoms with Crippen LogP contribution in [0.1, 0.15) is 66.2 Å². The molecule has 0 bridgehead atoms. The van der Waals surface area contributed by atoms with Gasteiger partial charge in [0.2, 0.25) is 0 Å². The first-order chi connectivity index (χ1) is 12.9. The molecule has 6 heteroatoms. The first-order valence-corrected chi connectivity index (χ1v) is 10.3. The first kappa shape index (κ1) is 25.4. The van der Waals surface area contributed by atoms with E-state index in [1.165, 1.54) is 5.01 Å². The van der Waals surface area contributed by atoms with E-state index in [0.717, 1.165) is 44.2 Å². The zero-order valence-corrected chi connectivity index (χ0v) is 18.2. The van der Waals surface area contributed by atoms with E-state index in [9.17, 15) is 4.79 Å². The van der Waals surface area contributed by atoms with Gasteiger partial charge in [0.15, 0.2) is 0 Å². The average molecular weight is 398 g/mol. The molecule has 1 aliphatic rings. The van der Waals surface area contributed by atoms with Crippen molar-refractivity contribution < 1.29 is 9.53 Å². The molecule has 0 aliphatic heterocycles. The van der Waals surface area contributed by atoms with Crippen molar-refractivity contribution in [1.82, 2.24) is 5.01 Å². The van der Waals surface area contributed by atoms with E-state index in [1.54, 1.807) is 13.0 Å². The number of allylic oxidation sites excluding steroid dienone is 1. The topological polar surface area (TPSA) is 54.3 Å². The van der Waals surface area contributed by atoms with Crippen molar-refractivity contribution in [1.29, 1.82) is 0 Å². The zero-order valence-electron chi connectivity index (χ0n) is 17.4. The van der Waals surface area contributed by atoms with E-state index in [4.69, 9.17) is 16.3 Å². The summed E-state index contributed by atoms with van der Waals surface area (Å²) in [6.45, 7) is 19.3. The van der Waals surface area contributed by atoms with Crippen LogP contribution in [0.3, 0.4) is 0 Å². The Balaban J connectivity index is 0.00000326. The van der Waals surface area contributed by atoms with Crippen LogP contribution in [0.2, 0.25) is 0 Å². The molecular weight excluding hydrogens is 362 g/mol. The number of nitrogens with zero attached hydrogens (tertiary/aromatic N) is 3. The van der Waals surface area contributed by atoms with E-state index in [-0.39, 0.29) is 17.4 Å². The van der Waals surface area contributed by atoms with Crippen molar-refractivity contribution in [2.75, 3.05) is 6.61 Å². The third-order valence-electron chi connectivity index (χ3n) is 4.47. The van der Waals surface area contributed by atoms with Crippen molar-refractivity contribution in [3.05, 3.63) is 25.1 Å². The molecule has 0 aromatic carbocycles. The molecule has 154 valence electrons. The minimum atomic E-state index is -0.372. The van der Waals surface area contributed by atoms with E-state index in [1.807, 2.05) is 20.8 Å². The second-order valence-corrected chi connectivity index (χ2v) is 6.94. The number of hydrogen-bond donors (Lipinski definition) is 0. The van der Waals surface area contributed by atoms with Gasteiger partial charge in [-0.3, -0.25) is 4.79 Å². The summed E-state index contributed by atoms with van der Waals surface area (Å²) in [5.74, 6) is 0.896. The molecule has 1 rings (SSSR count). The molecule has 3 atom stereocenters. The highest BCUT2D eigenvalue weighted by Gasteiger charge is 2.25. The van der Waals surface area contributed by atoms with Crippen LogP contribution >= 0.6 is 11.6 Å². The third-order valence-corrected chi connectivity index (χ3v) is 4.65. The lowest BCUT2D eigenvalue weighted by molar-refractivity contribution is -0.148. The molecule has 1 aliphatic carbocycles. The first-order valence-electron chi connectivity index (χ1n) is 9.88. The summed E-state index contributed by atoms with van der Waals surface area (Å²) in [5, 5.41) is 5.31. The van der Waals surface area contributed by atoms with E-state index >= 15 is 0 Å². The number of esters is 1. The number of hydrazone groups is 1. The van der Waals surface area contributed by atoms with Gasteiger partial charge in [-0.05, 0) is 51.5 Å². The van der Waals surface area contributed by atoms with E-state index < -0.39 is 0 Å². The fourth-order valence-electron chi connectivity index (χ4n) is 3.17. The Morgan fingerprint density at radius 1 is 1.33 bits per heavy atom. The highest BCUT2D eigenvalue weighted by molar-refractivity contribution is 6.20. The smallest absolute Gasteiger partial charge is 0.308 e. The minimum absolute atomic E-state index is 0.0293. The number of ether oxygens (including phenoxy) is 1. The van der Waals surface area contributed by atoms with Crippen LogP contribution in [0.15, 0.2) is 35.1 Å². The fraction of sp³-hybridized carbons (Fsp3) is 0.667. The molecule has 0 saturated heterocycles. The van der Waals surface area contributed by atoms with Crippen molar-refractivity contribution >= 4 is 30.0 Å². The minimum Gasteiger partial charge on any atom is -0.466 e. The van der Waals surface area contributed by atoms with Gasteiger partial charge in [0.05, 0.1) is 12.5 Å². The summed E-state index contributed by atoms with van der Waals surface area (Å²) >= 11 is 6.04. The van der Waals surface area contributed by atoms with Gasteiger partial charge in [-0.15, -0.1) is 0 Å². The Morgan fingerprint density at radius 2 is 2.00 bits per heavy atom. The van der Waals surface area contributed by atoms with E-state index in [0.29, 0.717) is 18.3 Å². The fourth-order valence-corrected chi connectivity index (χ4v) is 3.34. The van der Waals surface area contributed by atoms with Gasteiger partial charge in [-0.2, -0.15) is 5.10 Å². The maximum atomic E-state index is 11.9. The molecular formula is C21H36ClN3O2. The Labute approximate surface area is 170 Å². The Hall–Kier alpha value is -1.62. The summed E-state index contributed by atoms with van der Waals surface area (Å²) < 4.78 is 5.16. The molecule has 5 nitrogen and oxygen atoms in total. The van der Waals surface area contributed by atoms with Crippen LogP contribution in [0, 0.1) is 11.8 Å². The molecule has 0 aromatic rings. The van der Waals surface area contributed by atoms with Gasteiger partial charge in [0.25, 0.3) is 0 Å². The van der Waals surface area contributed by atoms with Crippen LogP contribution in [0.4, 0.5) is 0 Å². The molecule has 0 spiro atoms.